The van der Waals surface area contributed by atoms with Gasteiger partial charge in [0.15, 0.2) is 0 Å². The summed E-state index contributed by atoms with van der Waals surface area (Å²) >= 11 is 7.87. The van der Waals surface area contributed by atoms with Crippen LogP contribution in [0.2, 0.25) is 0 Å². The summed E-state index contributed by atoms with van der Waals surface area (Å²) in [4.78, 5) is 0. The second kappa shape index (κ2) is 2.93. The van der Waals surface area contributed by atoms with Crippen molar-refractivity contribution < 1.29 is 0 Å². The topological polar surface area (TPSA) is 51.8 Å². The van der Waals surface area contributed by atoms with Gasteiger partial charge in [-0.3, -0.25) is 0 Å². The maximum atomic E-state index is 5.77. The number of anilines is 1. The van der Waals surface area contributed by atoms with E-state index < -0.39 is 0 Å². The molecule has 62 valence electrons. The molecule has 0 aliphatic carbocycles. The molecule has 0 unspecified atom stereocenters. The van der Waals surface area contributed by atoms with Crippen LogP contribution in [0, 0.1) is 0 Å². The first-order chi connectivity index (χ1) is 5.70. The highest BCUT2D eigenvalue weighted by molar-refractivity contribution is 9.11. The van der Waals surface area contributed by atoms with Gasteiger partial charge in [0.1, 0.15) is 11.0 Å². The van der Waals surface area contributed by atoms with Crippen molar-refractivity contribution in [2.45, 2.75) is 0 Å². The van der Waals surface area contributed by atoms with E-state index in [0.717, 1.165) is 31.7 Å². The van der Waals surface area contributed by atoms with Crippen LogP contribution < -0.4 is 5.73 Å². The van der Waals surface area contributed by atoms with E-state index in [4.69, 9.17) is 5.73 Å². The van der Waals surface area contributed by atoms with Crippen LogP contribution in [0.25, 0.3) is 11.0 Å². The third-order valence-corrected chi connectivity index (χ3v) is 3.27. The fraction of sp³-hybridized carbons (Fsp3) is 0. The van der Waals surface area contributed by atoms with E-state index in [1.807, 2.05) is 6.07 Å². The highest BCUT2D eigenvalue weighted by Gasteiger charge is 2.09. The number of rotatable bonds is 0. The Labute approximate surface area is 89.5 Å². The normalized spacial score (nSPS) is 10.8. The lowest BCUT2D eigenvalue weighted by Crippen LogP contribution is -1.88. The molecule has 0 aliphatic rings. The number of nitrogen functional groups attached to an aromatic ring is 1. The first kappa shape index (κ1) is 8.40. The molecule has 2 aromatic rings. The minimum atomic E-state index is 0.641. The van der Waals surface area contributed by atoms with Crippen LogP contribution in [0.1, 0.15) is 0 Å². The van der Waals surface area contributed by atoms with Gasteiger partial charge in [0.05, 0.1) is 17.4 Å². The number of aromatic nitrogens is 2. The van der Waals surface area contributed by atoms with E-state index >= 15 is 0 Å². The number of nitrogens with two attached hydrogens (primary N) is 1. The van der Waals surface area contributed by atoms with Crippen molar-refractivity contribution in [1.29, 1.82) is 0 Å². The van der Waals surface area contributed by atoms with Crippen LogP contribution in [0.5, 0.6) is 0 Å². The molecule has 0 atom stereocenters. The SMILES string of the molecule is Nc1c(Br)cc(Br)c2nsnc12. The predicted octanol–water partition coefficient (Wildman–Crippen LogP) is 2.80. The highest BCUT2D eigenvalue weighted by atomic mass is 79.9. The zero-order valence-electron chi connectivity index (χ0n) is 5.71. The van der Waals surface area contributed by atoms with Crippen molar-refractivity contribution in [3.8, 4) is 0 Å². The van der Waals surface area contributed by atoms with Gasteiger partial charge >= 0.3 is 0 Å². The molecule has 0 saturated heterocycles. The summed E-state index contributed by atoms with van der Waals surface area (Å²) in [5.41, 5.74) is 7.98. The largest absolute Gasteiger partial charge is 0.396 e. The van der Waals surface area contributed by atoms with Crippen molar-refractivity contribution in [2.24, 2.45) is 0 Å². The van der Waals surface area contributed by atoms with Crippen molar-refractivity contribution in [3.05, 3.63) is 15.0 Å². The van der Waals surface area contributed by atoms with E-state index in [-0.39, 0.29) is 0 Å². The Hall–Kier alpha value is -0.200. The molecule has 6 heteroatoms. The molecule has 1 heterocycles. The maximum Gasteiger partial charge on any atom is 0.129 e. The molecule has 0 bridgehead atoms. The lowest BCUT2D eigenvalue weighted by molar-refractivity contribution is 1.57. The summed E-state index contributed by atoms with van der Waals surface area (Å²) < 4.78 is 9.94. The van der Waals surface area contributed by atoms with Crippen molar-refractivity contribution in [3.63, 3.8) is 0 Å². The molecular formula is C6H3Br2N3S. The van der Waals surface area contributed by atoms with Crippen LogP contribution in [-0.2, 0) is 0 Å². The average Bonchev–Trinajstić information content (AvgIpc) is 2.48. The Balaban J connectivity index is 2.97. The highest BCUT2D eigenvalue weighted by Crippen LogP contribution is 2.33. The molecule has 0 fully saturated rings. The van der Waals surface area contributed by atoms with Crippen LogP contribution in [0.3, 0.4) is 0 Å². The Morgan fingerprint density at radius 1 is 1.17 bits per heavy atom. The molecule has 0 amide bonds. The fourth-order valence-corrected chi connectivity index (χ4v) is 2.81. The van der Waals surface area contributed by atoms with Crippen LogP contribution in [0.15, 0.2) is 15.0 Å². The van der Waals surface area contributed by atoms with Gasteiger partial charge in [0.25, 0.3) is 0 Å². The molecule has 1 aromatic heterocycles. The van der Waals surface area contributed by atoms with Gasteiger partial charge in [-0.2, -0.15) is 8.75 Å². The molecule has 1 aromatic carbocycles. The molecule has 2 rings (SSSR count). The molecule has 0 radical (unpaired) electrons. The number of hydrogen-bond donors (Lipinski definition) is 1. The standard InChI is InChI=1S/C6H3Br2N3S/c7-2-1-3(8)5-6(4(2)9)11-12-10-5/h1H,9H2. The van der Waals surface area contributed by atoms with Crippen LogP contribution in [-0.4, -0.2) is 8.75 Å². The summed E-state index contributed by atoms with van der Waals surface area (Å²) in [5.74, 6) is 0. The van der Waals surface area contributed by atoms with Crippen molar-refractivity contribution in [2.75, 3.05) is 5.73 Å². The lowest BCUT2D eigenvalue weighted by Gasteiger charge is -1.98. The second-order valence-corrected chi connectivity index (χ2v) is 4.45. The second-order valence-electron chi connectivity index (χ2n) is 2.22. The zero-order chi connectivity index (χ0) is 8.72. The quantitative estimate of drug-likeness (QED) is 0.761. The number of nitrogens with zero attached hydrogens (tertiary/aromatic N) is 2. The molecule has 12 heavy (non-hydrogen) atoms. The van der Waals surface area contributed by atoms with Gasteiger partial charge in [0, 0.05) is 8.95 Å². The predicted molar refractivity (Wildman–Crippen MR) is 57.2 cm³/mol. The van der Waals surface area contributed by atoms with Gasteiger partial charge < -0.3 is 5.73 Å². The summed E-state index contributed by atoms with van der Waals surface area (Å²) in [6, 6.07) is 1.87. The third kappa shape index (κ3) is 1.14. The van der Waals surface area contributed by atoms with E-state index in [0.29, 0.717) is 5.69 Å². The Morgan fingerprint density at radius 2 is 1.83 bits per heavy atom. The summed E-state index contributed by atoms with van der Waals surface area (Å²) in [6.45, 7) is 0. The van der Waals surface area contributed by atoms with Gasteiger partial charge in [-0.1, -0.05) is 0 Å². The first-order valence-electron chi connectivity index (χ1n) is 3.06. The summed E-state index contributed by atoms with van der Waals surface area (Å²) in [6.07, 6.45) is 0. The molecule has 0 aliphatic heterocycles. The third-order valence-electron chi connectivity index (χ3n) is 1.48. The minimum absolute atomic E-state index is 0.641. The minimum Gasteiger partial charge on any atom is -0.396 e. The molecule has 0 saturated carbocycles. The zero-order valence-corrected chi connectivity index (χ0v) is 9.70. The number of fused-ring (bicyclic) bond motifs is 1. The number of benzene rings is 1. The smallest absolute Gasteiger partial charge is 0.129 e. The van der Waals surface area contributed by atoms with Crippen LogP contribution in [0.4, 0.5) is 5.69 Å². The number of halogens is 2. The Kier molecular flexibility index (Phi) is 2.05. The molecule has 3 nitrogen and oxygen atoms in total. The van der Waals surface area contributed by atoms with Crippen molar-refractivity contribution >= 4 is 60.3 Å². The van der Waals surface area contributed by atoms with Crippen LogP contribution >= 0.6 is 43.6 Å². The Bertz CT molecular complexity index is 440. The van der Waals surface area contributed by atoms with E-state index in [1.165, 1.54) is 0 Å². The summed E-state index contributed by atoms with van der Waals surface area (Å²) in [7, 11) is 0. The Morgan fingerprint density at radius 3 is 2.58 bits per heavy atom. The van der Waals surface area contributed by atoms with E-state index in [2.05, 4.69) is 40.6 Å². The van der Waals surface area contributed by atoms with Gasteiger partial charge in [-0.15, -0.1) is 0 Å². The lowest BCUT2D eigenvalue weighted by atomic mass is 10.3. The molecule has 0 spiro atoms. The fourth-order valence-electron chi connectivity index (χ4n) is 0.892. The first-order valence-corrected chi connectivity index (χ1v) is 5.37. The number of hydrogen-bond acceptors (Lipinski definition) is 4. The molecular weight excluding hydrogens is 306 g/mol. The van der Waals surface area contributed by atoms with Gasteiger partial charge in [-0.05, 0) is 37.9 Å². The summed E-state index contributed by atoms with van der Waals surface area (Å²) in [5, 5.41) is 0. The van der Waals surface area contributed by atoms with E-state index in [9.17, 15) is 0 Å². The van der Waals surface area contributed by atoms with Gasteiger partial charge in [-0.25, -0.2) is 0 Å². The van der Waals surface area contributed by atoms with Gasteiger partial charge in [0.2, 0.25) is 0 Å². The monoisotopic (exact) mass is 307 g/mol. The van der Waals surface area contributed by atoms with E-state index in [1.54, 1.807) is 0 Å². The average molecular weight is 309 g/mol. The molecule has 2 N–H and O–H groups in total. The maximum absolute atomic E-state index is 5.77. The van der Waals surface area contributed by atoms with Crippen molar-refractivity contribution in [1.82, 2.24) is 8.75 Å².